The minimum absolute atomic E-state index is 0.0775. The maximum atomic E-state index is 12.4. The molecule has 1 aliphatic rings. The second kappa shape index (κ2) is 9.81. The number of morpholine rings is 1. The first kappa shape index (κ1) is 21.2. The summed E-state index contributed by atoms with van der Waals surface area (Å²) in [5, 5.41) is 16.6. The van der Waals surface area contributed by atoms with Crippen LogP contribution in [0.25, 0.3) is 0 Å². The number of nitro benzene ring substituents is 1. The molecule has 1 saturated heterocycles. The number of carbonyl (C=O) groups is 2. The number of amides is 2. The molecule has 0 radical (unpaired) electrons. The van der Waals surface area contributed by atoms with Crippen molar-refractivity contribution >= 4 is 28.9 Å². The average molecular weight is 414 g/mol. The Kier molecular flexibility index (Phi) is 6.94. The standard InChI is InChI=1S/C20H22N4O6/c1-29-18-7-2-14(12-17(18)24(27)28)20(26)22-16-5-3-15(4-6-16)21-19(25)13-23-8-10-30-11-9-23/h2-7,12H,8-11,13H2,1H3,(H,21,25)(H,22,26). The number of ether oxygens (including phenoxy) is 2. The van der Waals surface area contributed by atoms with Gasteiger partial charge in [-0.25, -0.2) is 0 Å². The Labute approximate surface area is 172 Å². The van der Waals surface area contributed by atoms with Gasteiger partial charge in [0.15, 0.2) is 5.75 Å². The predicted molar refractivity (Wildman–Crippen MR) is 110 cm³/mol. The quantitative estimate of drug-likeness (QED) is 0.525. The maximum Gasteiger partial charge on any atom is 0.311 e. The lowest BCUT2D eigenvalue weighted by Gasteiger charge is -2.25. The number of nitrogens with one attached hydrogen (secondary N) is 2. The van der Waals surface area contributed by atoms with E-state index < -0.39 is 10.8 Å². The molecule has 30 heavy (non-hydrogen) atoms. The fourth-order valence-corrected chi connectivity index (χ4v) is 2.98. The first-order valence-electron chi connectivity index (χ1n) is 9.30. The number of nitrogens with zero attached hydrogens (tertiary/aromatic N) is 2. The summed E-state index contributed by atoms with van der Waals surface area (Å²) >= 11 is 0. The minimum atomic E-state index is -0.607. The molecule has 1 aliphatic heterocycles. The molecule has 0 aromatic heterocycles. The van der Waals surface area contributed by atoms with E-state index in [9.17, 15) is 19.7 Å². The van der Waals surface area contributed by atoms with Crippen LogP contribution in [0.1, 0.15) is 10.4 Å². The molecule has 0 bridgehead atoms. The predicted octanol–water partition coefficient (Wildman–Crippen LogP) is 2.13. The van der Waals surface area contributed by atoms with E-state index in [1.54, 1.807) is 24.3 Å². The highest BCUT2D eigenvalue weighted by Gasteiger charge is 2.18. The zero-order valence-corrected chi connectivity index (χ0v) is 16.4. The highest BCUT2D eigenvalue weighted by molar-refractivity contribution is 6.05. The molecule has 1 heterocycles. The molecule has 2 aromatic carbocycles. The van der Waals surface area contributed by atoms with Crippen molar-refractivity contribution in [3.05, 3.63) is 58.1 Å². The van der Waals surface area contributed by atoms with Crippen LogP contribution in [-0.2, 0) is 9.53 Å². The highest BCUT2D eigenvalue weighted by Crippen LogP contribution is 2.28. The van der Waals surface area contributed by atoms with E-state index in [1.165, 1.54) is 19.2 Å². The number of methoxy groups -OCH3 is 1. The molecule has 2 aromatic rings. The molecule has 0 saturated carbocycles. The number of carbonyl (C=O) groups excluding carboxylic acids is 2. The van der Waals surface area contributed by atoms with Gasteiger partial charge in [-0.3, -0.25) is 24.6 Å². The third-order valence-corrected chi connectivity index (χ3v) is 4.54. The molecular weight excluding hydrogens is 392 g/mol. The SMILES string of the molecule is COc1ccc(C(=O)Nc2ccc(NC(=O)CN3CCOCC3)cc2)cc1[N+](=O)[O-]. The Hall–Kier alpha value is -3.50. The van der Waals surface area contributed by atoms with Crippen LogP contribution in [0.3, 0.4) is 0 Å². The number of nitro groups is 1. The molecule has 10 heteroatoms. The summed E-state index contributed by atoms with van der Waals surface area (Å²) < 4.78 is 10.2. The van der Waals surface area contributed by atoms with E-state index in [4.69, 9.17) is 9.47 Å². The van der Waals surface area contributed by atoms with E-state index in [0.717, 1.165) is 19.2 Å². The molecule has 3 rings (SSSR count). The van der Waals surface area contributed by atoms with E-state index in [-0.39, 0.29) is 29.5 Å². The summed E-state index contributed by atoms with van der Waals surface area (Å²) in [7, 11) is 1.32. The number of benzene rings is 2. The largest absolute Gasteiger partial charge is 0.490 e. The molecular formula is C20H22N4O6. The van der Waals surface area contributed by atoms with Crippen molar-refractivity contribution in [2.45, 2.75) is 0 Å². The number of rotatable bonds is 7. The van der Waals surface area contributed by atoms with Crippen LogP contribution < -0.4 is 15.4 Å². The molecule has 0 unspecified atom stereocenters. The van der Waals surface area contributed by atoms with E-state index in [0.29, 0.717) is 24.6 Å². The summed E-state index contributed by atoms with van der Waals surface area (Å²) in [6, 6.07) is 10.6. The third-order valence-electron chi connectivity index (χ3n) is 4.54. The van der Waals surface area contributed by atoms with Crippen molar-refractivity contribution in [2.75, 3.05) is 50.6 Å². The molecule has 158 valence electrons. The zero-order valence-electron chi connectivity index (χ0n) is 16.4. The van der Waals surface area contributed by atoms with Gasteiger partial charge in [-0.2, -0.15) is 0 Å². The van der Waals surface area contributed by atoms with Gasteiger partial charge >= 0.3 is 5.69 Å². The molecule has 2 N–H and O–H groups in total. The van der Waals surface area contributed by atoms with E-state index in [1.807, 2.05) is 4.90 Å². The van der Waals surface area contributed by atoms with E-state index in [2.05, 4.69) is 10.6 Å². The van der Waals surface area contributed by atoms with Crippen LogP contribution >= 0.6 is 0 Å². The van der Waals surface area contributed by atoms with Crippen molar-refractivity contribution < 1.29 is 24.0 Å². The first-order valence-corrected chi connectivity index (χ1v) is 9.30. The Morgan fingerprint density at radius 2 is 1.73 bits per heavy atom. The second-order valence-corrected chi connectivity index (χ2v) is 6.61. The van der Waals surface area contributed by atoms with Crippen LogP contribution in [0.2, 0.25) is 0 Å². The summed E-state index contributed by atoms with van der Waals surface area (Å²) in [6.07, 6.45) is 0. The van der Waals surface area contributed by atoms with Gasteiger partial charge in [0.05, 0.1) is 31.8 Å². The van der Waals surface area contributed by atoms with Crippen molar-refractivity contribution in [1.82, 2.24) is 4.90 Å². The van der Waals surface area contributed by atoms with Crippen LogP contribution in [0.5, 0.6) is 5.75 Å². The van der Waals surface area contributed by atoms with Crippen molar-refractivity contribution in [3.63, 3.8) is 0 Å². The molecule has 0 spiro atoms. The van der Waals surface area contributed by atoms with Gasteiger partial charge in [0.2, 0.25) is 5.91 Å². The van der Waals surface area contributed by atoms with Crippen LogP contribution in [-0.4, -0.2) is 61.6 Å². The Bertz CT molecular complexity index is 925. The van der Waals surface area contributed by atoms with Gasteiger partial charge in [-0.15, -0.1) is 0 Å². The van der Waals surface area contributed by atoms with Gasteiger partial charge in [0.1, 0.15) is 0 Å². The lowest BCUT2D eigenvalue weighted by atomic mass is 10.1. The summed E-state index contributed by atoms with van der Waals surface area (Å²) in [4.78, 5) is 37.1. The maximum absolute atomic E-state index is 12.4. The average Bonchev–Trinajstić information content (AvgIpc) is 2.75. The lowest BCUT2D eigenvalue weighted by Crippen LogP contribution is -2.41. The van der Waals surface area contributed by atoms with Crippen LogP contribution in [0.4, 0.5) is 17.1 Å². The van der Waals surface area contributed by atoms with Gasteiger partial charge in [0, 0.05) is 36.1 Å². The van der Waals surface area contributed by atoms with Crippen molar-refractivity contribution in [3.8, 4) is 5.75 Å². The number of hydrogen-bond acceptors (Lipinski definition) is 7. The topological polar surface area (TPSA) is 123 Å². The summed E-state index contributed by atoms with van der Waals surface area (Å²) in [6.45, 7) is 2.99. The third kappa shape index (κ3) is 5.52. The molecule has 10 nitrogen and oxygen atoms in total. The summed E-state index contributed by atoms with van der Waals surface area (Å²) in [5.74, 6) is -0.544. The fraction of sp³-hybridized carbons (Fsp3) is 0.300. The Morgan fingerprint density at radius 1 is 1.10 bits per heavy atom. The molecule has 2 amide bonds. The normalized spacial score (nSPS) is 14.0. The van der Waals surface area contributed by atoms with Gasteiger partial charge in [-0.1, -0.05) is 0 Å². The molecule has 1 fully saturated rings. The van der Waals surface area contributed by atoms with E-state index >= 15 is 0 Å². The molecule has 0 aliphatic carbocycles. The molecule has 0 atom stereocenters. The van der Waals surface area contributed by atoms with Gasteiger partial charge in [-0.05, 0) is 36.4 Å². The second-order valence-electron chi connectivity index (χ2n) is 6.61. The fourth-order valence-electron chi connectivity index (χ4n) is 2.98. The number of hydrogen-bond donors (Lipinski definition) is 2. The van der Waals surface area contributed by atoms with Crippen LogP contribution in [0.15, 0.2) is 42.5 Å². The highest BCUT2D eigenvalue weighted by atomic mass is 16.6. The smallest absolute Gasteiger partial charge is 0.311 e. The minimum Gasteiger partial charge on any atom is -0.490 e. The Morgan fingerprint density at radius 3 is 2.33 bits per heavy atom. The zero-order chi connectivity index (χ0) is 21.5. The summed E-state index contributed by atoms with van der Waals surface area (Å²) in [5.41, 5.74) is 0.935. The van der Waals surface area contributed by atoms with Gasteiger partial charge < -0.3 is 20.1 Å². The number of anilines is 2. The Balaban J connectivity index is 1.58. The monoisotopic (exact) mass is 414 g/mol. The van der Waals surface area contributed by atoms with Crippen molar-refractivity contribution in [2.24, 2.45) is 0 Å². The van der Waals surface area contributed by atoms with Gasteiger partial charge in [0.25, 0.3) is 5.91 Å². The van der Waals surface area contributed by atoms with Crippen molar-refractivity contribution in [1.29, 1.82) is 0 Å². The van der Waals surface area contributed by atoms with Crippen LogP contribution in [0, 0.1) is 10.1 Å². The lowest BCUT2D eigenvalue weighted by molar-refractivity contribution is -0.385. The first-order chi connectivity index (χ1) is 14.5.